The molecular formula is C16H18FN3O3. The Morgan fingerprint density at radius 3 is 2.91 bits per heavy atom. The van der Waals surface area contributed by atoms with Crippen LogP contribution in [0.4, 0.5) is 4.39 Å². The Labute approximate surface area is 132 Å². The second kappa shape index (κ2) is 5.28. The Hall–Kier alpha value is -1.99. The van der Waals surface area contributed by atoms with Gasteiger partial charge in [0.15, 0.2) is 5.79 Å². The second-order valence-corrected chi connectivity index (χ2v) is 6.19. The lowest BCUT2D eigenvalue weighted by atomic mass is 10.0. The summed E-state index contributed by atoms with van der Waals surface area (Å²) in [7, 11) is 0. The first-order valence-corrected chi connectivity index (χ1v) is 7.80. The minimum Gasteiger partial charge on any atom is -0.347 e. The maximum absolute atomic E-state index is 13.7. The van der Waals surface area contributed by atoms with E-state index in [0.717, 1.165) is 0 Å². The minimum absolute atomic E-state index is 0.0872. The molecule has 122 valence electrons. The number of benzene rings is 1. The van der Waals surface area contributed by atoms with Crippen molar-refractivity contribution in [3.05, 3.63) is 29.8 Å². The molecule has 0 aliphatic carbocycles. The number of likely N-dealkylation sites (tertiary alicyclic amines) is 1. The van der Waals surface area contributed by atoms with E-state index in [9.17, 15) is 9.18 Å². The number of amides is 1. The van der Waals surface area contributed by atoms with Crippen LogP contribution >= 0.6 is 0 Å². The number of piperidine rings is 1. The first-order chi connectivity index (χ1) is 11.1. The predicted octanol–water partition coefficient (Wildman–Crippen LogP) is 2.07. The monoisotopic (exact) mass is 319 g/mol. The van der Waals surface area contributed by atoms with Gasteiger partial charge in [0.05, 0.1) is 30.1 Å². The number of fused-ring (bicyclic) bond motifs is 1. The van der Waals surface area contributed by atoms with Gasteiger partial charge < -0.3 is 19.4 Å². The molecule has 6 nitrogen and oxygen atoms in total. The van der Waals surface area contributed by atoms with Gasteiger partial charge in [0.2, 0.25) is 0 Å². The van der Waals surface area contributed by atoms with Gasteiger partial charge in [-0.15, -0.1) is 0 Å². The van der Waals surface area contributed by atoms with Crippen molar-refractivity contribution in [2.24, 2.45) is 0 Å². The van der Waals surface area contributed by atoms with E-state index >= 15 is 0 Å². The zero-order valence-electron chi connectivity index (χ0n) is 12.8. The number of nitrogens with zero attached hydrogens (tertiary/aromatic N) is 2. The molecule has 0 bridgehead atoms. The lowest BCUT2D eigenvalue weighted by molar-refractivity contribution is -0.189. The van der Waals surface area contributed by atoms with Crippen molar-refractivity contribution >= 4 is 16.9 Å². The Morgan fingerprint density at radius 2 is 2.22 bits per heavy atom. The summed E-state index contributed by atoms with van der Waals surface area (Å²) < 4.78 is 25.4. The number of hydrogen-bond donors (Lipinski definition) is 1. The van der Waals surface area contributed by atoms with E-state index in [4.69, 9.17) is 9.47 Å². The Morgan fingerprint density at radius 1 is 1.43 bits per heavy atom. The summed E-state index contributed by atoms with van der Waals surface area (Å²) in [4.78, 5) is 21.4. The maximum atomic E-state index is 13.7. The summed E-state index contributed by atoms with van der Waals surface area (Å²) in [6, 6.07) is 2.59. The summed E-state index contributed by atoms with van der Waals surface area (Å²) >= 11 is 0. The van der Waals surface area contributed by atoms with Crippen molar-refractivity contribution < 1.29 is 18.7 Å². The smallest absolute Gasteiger partial charge is 0.256 e. The summed E-state index contributed by atoms with van der Waals surface area (Å²) in [6.45, 7) is 3.61. The highest BCUT2D eigenvalue weighted by molar-refractivity contribution is 6.04. The molecule has 1 aromatic heterocycles. The van der Waals surface area contributed by atoms with Gasteiger partial charge in [0, 0.05) is 25.9 Å². The number of imidazole rings is 1. The van der Waals surface area contributed by atoms with Gasteiger partial charge in [0.25, 0.3) is 5.91 Å². The molecule has 2 aliphatic rings. The van der Waals surface area contributed by atoms with Gasteiger partial charge in [0.1, 0.15) is 11.3 Å². The van der Waals surface area contributed by atoms with Crippen molar-refractivity contribution in [1.82, 2.24) is 14.9 Å². The number of rotatable bonds is 1. The van der Waals surface area contributed by atoms with Crippen LogP contribution in [0.5, 0.6) is 0 Å². The van der Waals surface area contributed by atoms with Crippen LogP contribution in [-0.4, -0.2) is 52.4 Å². The third-order valence-corrected chi connectivity index (χ3v) is 4.53. The summed E-state index contributed by atoms with van der Waals surface area (Å²) in [5.74, 6) is -1.21. The third kappa shape index (κ3) is 2.49. The standard InChI is InChI=1S/C16H18FN3O3/c1-10-8-22-16(23-10)2-4-20(5-3-16)15(21)12-6-11(17)7-13-14(12)19-9-18-13/h6-7,9-10H,2-5,8H2,1H3,(H,18,19). The molecule has 1 unspecified atom stereocenters. The number of H-pyrrole nitrogens is 1. The van der Waals surface area contributed by atoms with Crippen LogP contribution in [0.25, 0.3) is 11.0 Å². The number of aromatic nitrogens is 2. The zero-order valence-corrected chi connectivity index (χ0v) is 12.8. The summed E-state index contributed by atoms with van der Waals surface area (Å²) in [5.41, 5.74) is 1.32. The molecule has 0 radical (unpaired) electrons. The highest BCUT2D eigenvalue weighted by atomic mass is 19.1. The molecule has 2 fully saturated rings. The van der Waals surface area contributed by atoms with Crippen molar-refractivity contribution in [2.75, 3.05) is 19.7 Å². The number of nitrogens with one attached hydrogen (secondary N) is 1. The van der Waals surface area contributed by atoms with Gasteiger partial charge in [-0.25, -0.2) is 9.37 Å². The molecule has 1 N–H and O–H groups in total. The molecule has 23 heavy (non-hydrogen) atoms. The predicted molar refractivity (Wildman–Crippen MR) is 80.4 cm³/mol. The molecular weight excluding hydrogens is 301 g/mol. The van der Waals surface area contributed by atoms with Gasteiger partial charge >= 0.3 is 0 Å². The van der Waals surface area contributed by atoms with Crippen molar-refractivity contribution in [3.8, 4) is 0 Å². The van der Waals surface area contributed by atoms with Crippen LogP contribution in [0.1, 0.15) is 30.1 Å². The lowest BCUT2D eigenvalue weighted by Gasteiger charge is -2.37. The maximum Gasteiger partial charge on any atom is 0.256 e. The molecule has 3 heterocycles. The number of carbonyl (C=O) groups excluding carboxylic acids is 1. The molecule has 2 aromatic rings. The van der Waals surface area contributed by atoms with E-state index in [1.807, 2.05) is 6.92 Å². The molecule has 1 spiro atoms. The Kier molecular flexibility index (Phi) is 3.35. The molecule has 2 saturated heterocycles. The van der Waals surface area contributed by atoms with Crippen LogP contribution in [0.3, 0.4) is 0 Å². The van der Waals surface area contributed by atoms with E-state index < -0.39 is 11.6 Å². The normalized spacial score (nSPS) is 23.7. The molecule has 1 aromatic carbocycles. The van der Waals surface area contributed by atoms with Gasteiger partial charge in [-0.1, -0.05) is 0 Å². The van der Waals surface area contributed by atoms with E-state index in [1.165, 1.54) is 18.5 Å². The average molecular weight is 319 g/mol. The van der Waals surface area contributed by atoms with E-state index in [2.05, 4.69) is 9.97 Å². The molecule has 1 atom stereocenters. The number of ether oxygens (including phenoxy) is 2. The average Bonchev–Trinajstić information content (AvgIpc) is 3.13. The number of carbonyl (C=O) groups is 1. The summed E-state index contributed by atoms with van der Waals surface area (Å²) in [5, 5.41) is 0. The van der Waals surface area contributed by atoms with E-state index in [-0.39, 0.29) is 12.0 Å². The van der Waals surface area contributed by atoms with Gasteiger partial charge in [-0.05, 0) is 19.1 Å². The van der Waals surface area contributed by atoms with Crippen LogP contribution in [0, 0.1) is 5.82 Å². The van der Waals surface area contributed by atoms with E-state index in [0.29, 0.717) is 49.1 Å². The topological polar surface area (TPSA) is 67.5 Å². The van der Waals surface area contributed by atoms with Crippen LogP contribution in [0.15, 0.2) is 18.5 Å². The molecule has 1 amide bonds. The van der Waals surface area contributed by atoms with Crippen molar-refractivity contribution in [2.45, 2.75) is 31.7 Å². The van der Waals surface area contributed by atoms with Crippen molar-refractivity contribution in [3.63, 3.8) is 0 Å². The molecule has 4 rings (SSSR count). The first kappa shape index (κ1) is 14.6. The zero-order chi connectivity index (χ0) is 16.0. The van der Waals surface area contributed by atoms with Crippen LogP contribution in [0.2, 0.25) is 0 Å². The Bertz CT molecular complexity index is 752. The number of halogens is 1. The SMILES string of the molecule is CC1COC2(CCN(C(=O)c3cc(F)cc4[nH]cnc34)CC2)O1. The number of aromatic amines is 1. The van der Waals surface area contributed by atoms with Crippen molar-refractivity contribution in [1.29, 1.82) is 0 Å². The van der Waals surface area contributed by atoms with Crippen LogP contribution in [-0.2, 0) is 9.47 Å². The fourth-order valence-corrected chi connectivity index (χ4v) is 3.36. The van der Waals surface area contributed by atoms with Gasteiger partial charge in [-0.3, -0.25) is 4.79 Å². The Balaban J connectivity index is 1.55. The minimum atomic E-state index is -0.556. The first-order valence-electron chi connectivity index (χ1n) is 7.80. The van der Waals surface area contributed by atoms with Crippen LogP contribution < -0.4 is 0 Å². The van der Waals surface area contributed by atoms with E-state index in [1.54, 1.807) is 4.90 Å². The third-order valence-electron chi connectivity index (χ3n) is 4.53. The molecule has 7 heteroatoms. The fourth-order valence-electron chi connectivity index (χ4n) is 3.36. The number of hydrogen-bond acceptors (Lipinski definition) is 4. The molecule has 2 aliphatic heterocycles. The highest BCUT2D eigenvalue weighted by Gasteiger charge is 2.43. The fraction of sp³-hybridized carbons (Fsp3) is 0.500. The highest BCUT2D eigenvalue weighted by Crippen LogP contribution is 2.34. The van der Waals surface area contributed by atoms with Gasteiger partial charge in [-0.2, -0.15) is 0 Å². The largest absolute Gasteiger partial charge is 0.347 e. The second-order valence-electron chi connectivity index (χ2n) is 6.19. The lowest BCUT2D eigenvalue weighted by Crippen LogP contribution is -2.47. The summed E-state index contributed by atoms with van der Waals surface area (Å²) in [6.07, 6.45) is 2.81. The molecule has 0 saturated carbocycles. The quantitative estimate of drug-likeness (QED) is 0.874.